The van der Waals surface area contributed by atoms with Gasteiger partial charge in [-0.3, -0.25) is 4.99 Å². The molecule has 2 unspecified atom stereocenters. The zero-order valence-electron chi connectivity index (χ0n) is 14.0. The molecule has 0 aromatic carbocycles. The topological polar surface area (TPSA) is 53.6 Å². The van der Waals surface area contributed by atoms with Gasteiger partial charge >= 0.3 is 0 Å². The second kappa shape index (κ2) is 8.62. The molecule has 1 aliphatic heterocycles. The van der Waals surface area contributed by atoms with Gasteiger partial charge in [-0.1, -0.05) is 33.1 Å². The molecule has 0 radical (unpaired) electrons. The molecule has 21 heavy (non-hydrogen) atoms. The molecule has 0 aromatic rings. The molecule has 4 nitrogen and oxygen atoms in total. The van der Waals surface area contributed by atoms with E-state index in [4.69, 9.17) is 5.73 Å². The molecule has 2 aliphatic rings. The van der Waals surface area contributed by atoms with E-state index in [-0.39, 0.29) is 0 Å². The van der Waals surface area contributed by atoms with Crippen LogP contribution in [0.3, 0.4) is 0 Å². The van der Waals surface area contributed by atoms with Gasteiger partial charge in [0.2, 0.25) is 0 Å². The molecular weight excluding hydrogens is 260 g/mol. The van der Waals surface area contributed by atoms with Crippen molar-refractivity contribution in [3.63, 3.8) is 0 Å². The summed E-state index contributed by atoms with van der Waals surface area (Å²) in [5, 5.41) is 3.39. The molecule has 0 bridgehead atoms. The fourth-order valence-corrected chi connectivity index (χ4v) is 3.97. The Balaban J connectivity index is 1.60. The molecular formula is C17H34N4. The van der Waals surface area contributed by atoms with E-state index >= 15 is 0 Å². The molecule has 2 atom stereocenters. The van der Waals surface area contributed by atoms with Gasteiger partial charge in [0.05, 0.1) is 0 Å². The van der Waals surface area contributed by atoms with Crippen LogP contribution >= 0.6 is 0 Å². The Kier molecular flexibility index (Phi) is 6.81. The minimum atomic E-state index is 0.561. The van der Waals surface area contributed by atoms with Crippen molar-refractivity contribution in [3.8, 4) is 0 Å². The summed E-state index contributed by atoms with van der Waals surface area (Å²) < 4.78 is 0. The quantitative estimate of drug-likeness (QED) is 0.465. The lowest BCUT2D eigenvalue weighted by Gasteiger charge is -2.34. The number of guanidine groups is 1. The van der Waals surface area contributed by atoms with Crippen molar-refractivity contribution in [1.29, 1.82) is 0 Å². The number of hydrogen-bond donors (Lipinski definition) is 2. The Bertz CT molecular complexity index is 313. The monoisotopic (exact) mass is 294 g/mol. The fraction of sp³-hybridized carbons (Fsp3) is 0.941. The highest BCUT2D eigenvalue weighted by atomic mass is 15.1. The normalized spacial score (nSPS) is 29.5. The predicted octanol–water partition coefficient (Wildman–Crippen LogP) is 2.59. The van der Waals surface area contributed by atoms with E-state index in [9.17, 15) is 0 Å². The lowest BCUT2D eigenvalue weighted by Crippen LogP contribution is -2.41. The van der Waals surface area contributed by atoms with Crippen LogP contribution in [0.5, 0.6) is 0 Å². The van der Waals surface area contributed by atoms with Crippen molar-refractivity contribution < 1.29 is 0 Å². The first-order valence-corrected chi connectivity index (χ1v) is 8.92. The SMILES string of the molecule is CC1CC(C)CN(CCCN=C(N)NC2CCCCC2)C1. The molecule has 1 saturated heterocycles. The maximum Gasteiger partial charge on any atom is 0.188 e. The zero-order chi connectivity index (χ0) is 15.1. The van der Waals surface area contributed by atoms with Crippen LogP contribution in [-0.4, -0.2) is 43.1 Å². The molecule has 0 aromatic heterocycles. The molecule has 3 N–H and O–H groups in total. The summed E-state index contributed by atoms with van der Waals surface area (Å²) in [5.74, 6) is 2.34. The van der Waals surface area contributed by atoms with Gasteiger partial charge in [-0.2, -0.15) is 0 Å². The Morgan fingerprint density at radius 1 is 1.14 bits per heavy atom. The van der Waals surface area contributed by atoms with Crippen LogP contribution in [0.25, 0.3) is 0 Å². The molecule has 2 rings (SSSR count). The van der Waals surface area contributed by atoms with E-state index in [0.29, 0.717) is 12.0 Å². The summed E-state index contributed by atoms with van der Waals surface area (Å²) in [6.07, 6.45) is 9.04. The van der Waals surface area contributed by atoms with Crippen LogP contribution in [0.1, 0.15) is 58.8 Å². The van der Waals surface area contributed by atoms with Crippen molar-refractivity contribution in [3.05, 3.63) is 0 Å². The largest absolute Gasteiger partial charge is 0.370 e. The van der Waals surface area contributed by atoms with Gasteiger partial charge in [-0.05, 0) is 44.1 Å². The fourth-order valence-electron chi connectivity index (χ4n) is 3.97. The van der Waals surface area contributed by atoms with Gasteiger partial charge in [0.15, 0.2) is 5.96 Å². The van der Waals surface area contributed by atoms with Crippen LogP contribution in [0, 0.1) is 11.8 Å². The van der Waals surface area contributed by atoms with Crippen LogP contribution in [-0.2, 0) is 0 Å². The van der Waals surface area contributed by atoms with E-state index in [1.165, 1.54) is 51.6 Å². The molecule has 1 saturated carbocycles. The summed E-state index contributed by atoms with van der Waals surface area (Å²) in [7, 11) is 0. The smallest absolute Gasteiger partial charge is 0.188 e. The number of piperidine rings is 1. The van der Waals surface area contributed by atoms with Gasteiger partial charge in [0, 0.05) is 25.7 Å². The summed E-state index contributed by atoms with van der Waals surface area (Å²) in [6.45, 7) is 9.26. The first kappa shape index (κ1) is 16.6. The van der Waals surface area contributed by atoms with Crippen molar-refractivity contribution >= 4 is 5.96 Å². The van der Waals surface area contributed by atoms with Gasteiger partial charge < -0.3 is 16.0 Å². The number of rotatable bonds is 5. The molecule has 2 fully saturated rings. The first-order valence-electron chi connectivity index (χ1n) is 8.92. The zero-order valence-corrected chi connectivity index (χ0v) is 14.0. The number of likely N-dealkylation sites (tertiary alicyclic amines) is 1. The van der Waals surface area contributed by atoms with Gasteiger partial charge in [-0.15, -0.1) is 0 Å². The number of nitrogens with two attached hydrogens (primary N) is 1. The highest BCUT2D eigenvalue weighted by molar-refractivity contribution is 5.78. The third-order valence-electron chi connectivity index (χ3n) is 4.82. The molecule has 0 spiro atoms. The molecule has 0 amide bonds. The number of aliphatic imine (C=N–C) groups is 1. The van der Waals surface area contributed by atoms with E-state index < -0.39 is 0 Å². The number of nitrogens with zero attached hydrogens (tertiary/aromatic N) is 2. The van der Waals surface area contributed by atoms with Crippen molar-refractivity contribution in [1.82, 2.24) is 10.2 Å². The van der Waals surface area contributed by atoms with Crippen LogP contribution in [0.4, 0.5) is 0 Å². The standard InChI is InChI=1S/C17H34N4/c1-14-11-15(2)13-21(12-14)10-6-9-19-17(18)20-16-7-4-3-5-8-16/h14-16H,3-13H2,1-2H3,(H3,18,19,20). The third kappa shape index (κ3) is 6.25. The lowest BCUT2D eigenvalue weighted by molar-refractivity contribution is 0.140. The molecule has 1 aliphatic carbocycles. The van der Waals surface area contributed by atoms with Gasteiger partial charge in [-0.25, -0.2) is 0 Å². The minimum absolute atomic E-state index is 0.561. The van der Waals surface area contributed by atoms with E-state index in [0.717, 1.165) is 31.3 Å². The Morgan fingerprint density at radius 3 is 2.48 bits per heavy atom. The lowest BCUT2D eigenvalue weighted by atomic mass is 9.92. The third-order valence-corrected chi connectivity index (χ3v) is 4.82. The van der Waals surface area contributed by atoms with E-state index in [2.05, 4.69) is 29.1 Å². The van der Waals surface area contributed by atoms with Crippen molar-refractivity contribution in [2.24, 2.45) is 22.6 Å². The molecule has 4 heteroatoms. The molecule has 1 heterocycles. The van der Waals surface area contributed by atoms with Gasteiger partial charge in [0.1, 0.15) is 0 Å². The summed E-state index contributed by atoms with van der Waals surface area (Å²) in [5.41, 5.74) is 5.99. The average Bonchev–Trinajstić information content (AvgIpc) is 2.44. The Hall–Kier alpha value is -0.770. The average molecular weight is 294 g/mol. The van der Waals surface area contributed by atoms with E-state index in [1.54, 1.807) is 0 Å². The molecule has 122 valence electrons. The highest BCUT2D eigenvalue weighted by Crippen LogP contribution is 2.20. The van der Waals surface area contributed by atoms with E-state index in [1.807, 2.05) is 0 Å². The van der Waals surface area contributed by atoms with Crippen molar-refractivity contribution in [2.75, 3.05) is 26.2 Å². The maximum atomic E-state index is 5.99. The van der Waals surface area contributed by atoms with Crippen molar-refractivity contribution in [2.45, 2.75) is 64.8 Å². The van der Waals surface area contributed by atoms with Crippen LogP contribution in [0.15, 0.2) is 4.99 Å². The summed E-state index contributed by atoms with van der Waals surface area (Å²) in [6, 6.07) is 0.561. The Morgan fingerprint density at radius 2 is 1.81 bits per heavy atom. The van der Waals surface area contributed by atoms with Crippen LogP contribution in [0.2, 0.25) is 0 Å². The Labute approximate surface area is 130 Å². The predicted molar refractivity (Wildman–Crippen MR) is 90.5 cm³/mol. The second-order valence-electron chi connectivity index (χ2n) is 7.31. The first-order chi connectivity index (χ1) is 10.1. The maximum absolute atomic E-state index is 5.99. The summed E-state index contributed by atoms with van der Waals surface area (Å²) in [4.78, 5) is 7.09. The minimum Gasteiger partial charge on any atom is -0.370 e. The summed E-state index contributed by atoms with van der Waals surface area (Å²) >= 11 is 0. The highest BCUT2D eigenvalue weighted by Gasteiger charge is 2.21. The number of nitrogens with one attached hydrogen (secondary N) is 1. The van der Waals surface area contributed by atoms with Gasteiger partial charge in [0.25, 0.3) is 0 Å². The second-order valence-corrected chi connectivity index (χ2v) is 7.31. The number of hydrogen-bond acceptors (Lipinski definition) is 2. The van der Waals surface area contributed by atoms with Crippen LogP contribution < -0.4 is 11.1 Å².